The van der Waals surface area contributed by atoms with Crippen LogP contribution in [0.25, 0.3) is 22.6 Å². The lowest BCUT2D eigenvalue weighted by Crippen LogP contribution is -2.31. The van der Waals surface area contributed by atoms with Gasteiger partial charge >= 0.3 is 12.6 Å². The second-order valence-corrected chi connectivity index (χ2v) is 9.41. The number of carboxylic acids is 1. The van der Waals surface area contributed by atoms with Gasteiger partial charge in [0.15, 0.2) is 11.5 Å². The molecule has 1 fully saturated rings. The van der Waals surface area contributed by atoms with Crippen molar-refractivity contribution in [2.24, 2.45) is 5.92 Å². The Bertz CT molecular complexity index is 1430. The maximum atomic E-state index is 12.6. The molecule has 8 nitrogen and oxygen atoms in total. The van der Waals surface area contributed by atoms with E-state index >= 15 is 0 Å². The monoisotopic (exact) mass is 507 g/mol. The summed E-state index contributed by atoms with van der Waals surface area (Å²) in [7, 11) is 0. The first-order chi connectivity index (χ1) is 17.8. The van der Waals surface area contributed by atoms with Crippen molar-refractivity contribution in [1.82, 2.24) is 19.5 Å². The smallest absolute Gasteiger partial charge is 0.387 e. The number of carbonyl (C=O) groups is 1. The molecule has 0 amide bonds. The van der Waals surface area contributed by atoms with Gasteiger partial charge in [-0.25, -0.2) is 19.7 Å². The van der Waals surface area contributed by atoms with Crippen molar-refractivity contribution in [3.8, 4) is 17.1 Å². The van der Waals surface area contributed by atoms with E-state index < -0.39 is 12.6 Å². The Balaban J connectivity index is 1.65. The number of nitrogens with one attached hydrogen (secondary N) is 1. The molecular formula is C27H27F2N5O3. The third-order valence-corrected chi connectivity index (χ3v) is 6.78. The highest BCUT2D eigenvalue weighted by Gasteiger charge is 2.27. The highest BCUT2D eigenvalue weighted by Crippen LogP contribution is 2.34. The normalized spacial score (nSPS) is 14.5. The summed E-state index contributed by atoms with van der Waals surface area (Å²) in [5.74, 6) is -0.00605. The molecule has 192 valence electrons. The Morgan fingerprint density at radius 2 is 1.92 bits per heavy atom. The number of hydrogen-bond donors (Lipinski definition) is 2. The van der Waals surface area contributed by atoms with Gasteiger partial charge in [-0.2, -0.15) is 8.78 Å². The molecule has 2 heterocycles. The summed E-state index contributed by atoms with van der Waals surface area (Å²) in [6.07, 6.45) is 3.39. The van der Waals surface area contributed by atoms with Gasteiger partial charge in [-0.3, -0.25) is 0 Å². The molecular weight excluding hydrogens is 480 g/mol. The largest absolute Gasteiger partial charge is 0.475 e. The molecule has 2 N–H and O–H groups in total. The summed E-state index contributed by atoms with van der Waals surface area (Å²) >= 11 is 0. The van der Waals surface area contributed by atoms with E-state index in [-0.39, 0.29) is 23.3 Å². The minimum Gasteiger partial charge on any atom is -0.475 e. The lowest BCUT2D eigenvalue weighted by Gasteiger charge is -2.32. The number of aryl methyl sites for hydroxylation is 1. The molecule has 0 aliphatic heterocycles. The van der Waals surface area contributed by atoms with Gasteiger partial charge in [-0.05, 0) is 56.4 Å². The van der Waals surface area contributed by atoms with Crippen LogP contribution in [0.1, 0.15) is 47.9 Å². The molecule has 1 saturated carbocycles. The van der Waals surface area contributed by atoms with Crippen molar-refractivity contribution in [3.63, 3.8) is 0 Å². The van der Waals surface area contributed by atoms with Crippen molar-refractivity contribution in [2.45, 2.75) is 52.3 Å². The van der Waals surface area contributed by atoms with Crippen LogP contribution in [0.15, 0.2) is 48.5 Å². The van der Waals surface area contributed by atoms with Gasteiger partial charge in [-0.1, -0.05) is 42.3 Å². The molecule has 0 unspecified atom stereocenters. The quantitative estimate of drug-likeness (QED) is 0.297. The van der Waals surface area contributed by atoms with Crippen LogP contribution in [-0.2, 0) is 6.54 Å². The predicted octanol–water partition coefficient (Wildman–Crippen LogP) is 5.75. The van der Waals surface area contributed by atoms with E-state index in [0.29, 0.717) is 29.6 Å². The number of carboxylic acid groups (broad SMARTS) is 1. The van der Waals surface area contributed by atoms with Gasteiger partial charge in [0.1, 0.15) is 17.1 Å². The molecule has 2 aromatic carbocycles. The third-order valence-electron chi connectivity index (χ3n) is 6.78. The van der Waals surface area contributed by atoms with Gasteiger partial charge < -0.3 is 19.7 Å². The fourth-order valence-corrected chi connectivity index (χ4v) is 4.62. The van der Waals surface area contributed by atoms with E-state index in [9.17, 15) is 18.7 Å². The first-order valence-electron chi connectivity index (χ1n) is 12.2. The molecule has 0 saturated heterocycles. The van der Waals surface area contributed by atoms with Gasteiger partial charge in [0, 0.05) is 18.2 Å². The molecule has 1 atom stereocenters. The molecule has 0 spiro atoms. The number of aromatic nitrogens is 4. The van der Waals surface area contributed by atoms with Crippen molar-refractivity contribution < 1.29 is 23.4 Å². The Hall–Kier alpha value is -4.08. The molecule has 10 heteroatoms. The van der Waals surface area contributed by atoms with E-state index in [1.807, 2.05) is 35.8 Å². The van der Waals surface area contributed by atoms with Gasteiger partial charge in [0.25, 0.3) is 0 Å². The van der Waals surface area contributed by atoms with E-state index in [1.165, 1.54) is 18.6 Å². The highest BCUT2D eigenvalue weighted by atomic mass is 19.3. The van der Waals surface area contributed by atoms with Crippen molar-refractivity contribution >= 4 is 23.0 Å². The molecule has 1 aliphatic carbocycles. The van der Waals surface area contributed by atoms with E-state index in [4.69, 9.17) is 4.98 Å². The Labute approximate surface area is 212 Å². The van der Waals surface area contributed by atoms with Crippen LogP contribution in [0.5, 0.6) is 5.75 Å². The second kappa shape index (κ2) is 10.1. The molecule has 0 radical (unpaired) electrons. The van der Waals surface area contributed by atoms with Crippen LogP contribution in [-0.4, -0.2) is 43.2 Å². The number of nitrogens with zero attached hydrogens (tertiary/aromatic N) is 4. The van der Waals surface area contributed by atoms with Crippen LogP contribution in [0.2, 0.25) is 0 Å². The van der Waals surface area contributed by atoms with Gasteiger partial charge in [0.05, 0.1) is 0 Å². The lowest BCUT2D eigenvalue weighted by atomic mass is 9.80. The van der Waals surface area contributed by atoms with E-state index in [2.05, 4.69) is 26.9 Å². The number of aromatic carboxylic acids is 1. The molecule has 37 heavy (non-hydrogen) atoms. The minimum atomic E-state index is -2.90. The summed E-state index contributed by atoms with van der Waals surface area (Å²) in [6.45, 7) is 1.48. The number of ether oxygens (including phenoxy) is 1. The topological polar surface area (TPSA) is 102 Å². The highest BCUT2D eigenvalue weighted by molar-refractivity contribution is 5.92. The Morgan fingerprint density at radius 1 is 1.16 bits per heavy atom. The summed E-state index contributed by atoms with van der Waals surface area (Å²) in [4.78, 5) is 25.2. The third kappa shape index (κ3) is 5.23. The van der Waals surface area contributed by atoms with E-state index in [1.54, 1.807) is 12.1 Å². The van der Waals surface area contributed by atoms with Crippen LogP contribution in [0, 0.1) is 12.8 Å². The SMILES string of the molecule is Cc1cccc(-c2nc3nc(C(=O)O)nc(N[C@H](C)C4CCC4)c3n2Cc2ccc(OC(F)F)cc2)c1. The zero-order valence-electron chi connectivity index (χ0n) is 20.5. The number of halogens is 2. The Kier molecular flexibility index (Phi) is 6.73. The van der Waals surface area contributed by atoms with Crippen LogP contribution >= 0.6 is 0 Å². The standard InChI is InChI=1S/C27H27F2N5O3/c1-15-5-3-8-19(13-15)25-33-23-21(34(25)14-17-9-11-20(12-10-17)37-27(28)29)22(31-24(32-23)26(35)36)30-16(2)18-6-4-7-18/h3,5,8-13,16,18,27H,4,6-7,14H2,1-2H3,(H,35,36)(H,30,31,32)/t16-/m1/s1. The zero-order valence-corrected chi connectivity index (χ0v) is 20.5. The molecule has 5 rings (SSSR count). The second-order valence-electron chi connectivity index (χ2n) is 9.41. The first-order valence-corrected chi connectivity index (χ1v) is 12.2. The summed E-state index contributed by atoms with van der Waals surface area (Å²) in [5, 5.41) is 13.1. The number of imidazole rings is 1. The number of anilines is 1. The molecule has 4 aromatic rings. The molecule has 0 bridgehead atoms. The maximum Gasteiger partial charge on any atom is 0.387 e. The summed E-state index contributed by atoms with van der Waals surface area (Å²) in [6, 6.07) is 14.3. The first kappa shape index (κ1) is 24.6. The minimum absolute atomic E-state index is 0.0688. The van der Waals surface area contributed by atoms with Crippen molar-refractivity contribution in [2.75, 3.05) is 5.32 Å². The number of benzene rings is 2. The maximum absolute atomic E-state index is 12.6. The number of rotatable bonds is 9. The molecule has 2 aromatic heterocycles. The number of fused-ring (bicyclic) bond motifs is 1. The van der Waals surface area contributed by atoms with Crippen molar-refractivity contribution in [3.05, 3.63) is 65.5 Å². The average molecular weight is 508 g/mol. The molecule has 1 aliphatic rings. The van der Waals surface area contributed by atoms with Crippen LogP contribution < -0.4 is 10.1 Å². The summed E-state index contributed by atoms with van der Waals surface area (Å²) in [5.41, 5.74) is 3.55. The van der Waals surface area contributed by atoms with Crippen molar-refractivity contribution in [1.29, 1.82) is 0 Å². The van der Waals surface area contributed by atoms with Crippen LogP contribution in [0.3, 0.4) is 0 Å². The van der Waals surface area contributed by atoms with Crippen LogP contribution in [0.4, 0.5) is 14.6 Å². The lowest BCUT2D eigenvalue weighted by molar-refractivity contribution is -0.0498. The fourth-order valence-electron chi connectivity index (χ4n) is 4.62. The number of hydrogen-bond acceptors (Lipinski definition) is 6. The summed E-state index contributed by atoms with van der Waals surface area (Å²) < 4.78 is 31.6. The fraction of sp³-hybridized carbons (Fsp3) is 0.333. The van der Waals surface area contributed by atoms with Gasteiger partial charge in [-0.15, -0.1) is 0 Å². The van der Waals surface area contributed by atoms with E-state index in [0.717, 1.165) is 29.5 Å². The van der Waals surface area contributed by atoms with Gasteiger partial charge in [0.2, 0.25) is 5.82 Å². The predicted molar refractivity (Wildman–Crippen MR) is 135 cm³/mol. The Morgan fingerprint density at radius 3 is 2.54 bits per heavy atom. The number of alkyl halides is 2. The average Bonchev–Trinajstić information content (AvgIpc) is 3.17. The zero-order chi connectivity index (χ0) is 26.1.